The van der Waals surface area contributed by atoms with Crippen molar-refractivity contribution in [2.24, 2.45) is 0 Å². The van der Waals surface area contributed by atoms with Crippen molar-refractivity contribution < 1.29 is 49.0 Å². The van der Waals surface area contributed by atoms with Gasteiger partial charge < -0.3 is 39.4 Å². The fourth-order valence-corrected chi connectivity index (χ4v) is 6.18. The molecule has 336 valence electrons. The third-order valence-electron chi connectivity index (χ3n) is 9.76. The Morgan fingerprint density at radius 2 is 1.00 bits per heavy atom. The van der Waals surface area contributed by atoms with Gasteiger partial charge in [-0.25, -0.2) is 0 Å². The highest BCUT2D eigenvalue weighted by atomic mass is 16.7. The number of esters is 2. The summed E-state index contributed by atoms with van der Waals surface area (Å²) in [5, 5.41) is 40.1. The first kappa shape index (κ1) is 53.9. The Hall–Kier alpha value is -3.12. The monoisotopic (exact) mass is 829 g/mol. The third-order valence-corrected chi connectivity index (χ3v) is 9.76. The smallest absolute Gasteiger partial charge is 0.306 e. The quantitative estimate of drug-likeness (QED) is 0.0273. The molecule has 0 aromatic heterocycles. The van der Waals surface area contributed by atoms with Gasteiger partial charge in [-0.05, 0) is 89.9 Å². The van der Waals surface area contributed by atoms with Crippen LogP contribution in [0.5, 0.6) is 0 Å². The SMILES string of the molecule is CC/C=C/C/C=C/C/C=C/C/C=C/C/C=C/CCCCCC(=O)OC[C@@H](CO[C@H]1O[C@@H](CO)[C@@H](O)C(O)C1O)OC(=O)CCCC/C=C/C/C=C/CCCCCCCC. The van der Waals surface area contributed by atoms with Crippen molar-refractivity contribution in [1.29, 1.82) is 0 Å². The number of ether oxygens (including phenoxy) is 4. The zero-order valence-corrected chi connectivity index (χ0v) is 36.5. The summed E-state index contributed by atoms with van der Waals surface area (Å²) in [5.41, 5.74) is 0. The van der Waals surface area contributed by atoms with Crippen LogP contribution in [0.25, 0.3) is 0 Å². The van der Waals surface area contributed by atoms with Gasteiger partial charge in [-0.15, -0.1) is 0 Å². The van der Waals surface area contributed by atoms with Crippen molar-refractivity contribution in [2.45, 2.75) is 192 Å². The summed E-state index contributed by atoms with van der Waals surface area (Å²) in [6, 6.07) is 0. The molecule has 0 radical (unpaired) electrons. The van der Waals surface area contributed by atoms with Gasteiger partial charge in [-0.1, -0.05) is 137 Å². The number of carbonyl (C=O) groups is 2. The number of carbonyl (C=O) groups excluding carboxylic acids is 2. The van der Waals surface area contributed by atoms with Crippen LogP contribution in [0.2, 0.25) is 0 Å². The van der Waals surface area contributed by atoms with Crippen molar-refractivity contribution in [2.75, 3.05) is 19.8 Å². The predicted molar refractivity (Wildman–Crippen MR) is 237 cm³/mol. The van der Waals surface area contributed by atoms with Crippen molar-refractivity contribution >= 4 is 11.9 Å². The van der Waals surface area contributed by atoms with Crippen LogP contribution in [0.4, 0.5) is 0 Å². The molecule has 1 aliphatic rings. The molecule has 1 heterocycles. The van der Waals surface area contributed by atoms with Gasteiger partial charge in [0.2, 0.25) is 0 Å². The topological polar surface area (TPSA) is 152 Å². The lowest BCUT2D eigenvalue weighted by atomic mass is 9.99. The first-order valence-corrected chi connectivity index (χ1v) is 22.7. The molecular formula is C49H80O10. The molecule has 10 nitrogen and oxygen atoms in total. The molecule has 1 aliphatic heterocycles. The largest absolute Gasteiger partial charge is 0.462 e. The van der Waals surface area contributed by atoms with Crippen molar-refractivity contribution in [3.05, 3.63) is 85.1 Å². The Kier molecular flexibility index (Phi) is 35.7. The maximum atomic E-state index is 12.8. The van der Waals surface area contributed by atoms with Crippen LogP contribution in [0.1, 0.15) is 155 Å². The second-order valence-corrected chi connectivity index (χ2v) is 15.1. The van der Waals surface area contributed by atoms with Crippen LogP contribution in [0.3, 0.4) is 0 Å². The average Bonchev–Trinajstić information content (AvgIpc) is 3.23. The van der Waals surface area contributed by atoms with Crippen LogP contribution in [0, 0.1) is 0 Å². The molecule has 0 aromatic carbocycles. The Balaban J connectivity index is 2.39. The molecule has 2 unspecified atom stereocenters. The van der Waals surface area contributed by atoms with Gasteiger partial charge in [0.15, 0.2) is 12.4 Å². The van der Waals surface area contributed by atoms with Gasteiger partial charge in [0.1, 0.15) is 31.0 Å². The van der Waals surface area contributed by atoms with Crippen molar-refractivity contribution in [3.8, 4) is 0 Å². The Morgan fingerprint density at radius 1 is 0.542 bits per heavy atom. The maximum absolute atomic E-state index is 12.8. The van der Waals surface area contributed by atoms with Crippen LogP contribution >= 0.6 is 0 Å². The second kappa shape index (κ2) is 39.0. The van der Waals surface area contributed by atoms with Crippen LogP contribution < -0.4 is 0 Å². The molecule has 59 heavy (non-hydrogen) atoms. The van der Waals surface area contributed by atoms with E-state index in [4.69, 9.17) is 18.9 Å². The lowest BCUT2D eigenvalue weighted by molar-refractivity contribution is -0.305. The molecule has 10 heteroatoms. The van der Waals surface area contributed by atoms with E-state index in [-0.39, 0.29) is 26.1 Å². The molecule has 4 N–H and O–H groups in total. The summed E-state index contributed by atoms with van der Waals surface area (Å²) in [6.45, 7) is 3.22. The van der Waals surface area contributed by atoms with Crippen LogP contribution in [0.15, 0.2) is 85.1 Å². The Labute approximate surface area is 356 Å². The first-order chi connectivity index (χ1) is 28.8. The summed E-state index contributed by atoms with van der Waals surface area (Å²) < 4.78 is 22.1. The van der Waals surface area contributed by atoms with E-state index in [1.165, 1.54) is 38.5 Å². The van der Waals surface area contributed by atoms with Crippen LogP contribution in [-0.4, -0.2) is 89.0 Å². The van der Waals surface area contributed by atoms with E-state index in [1.54, 1.807) is 0 Å². The standard InChI is InChI=1S/C49H80O10/c1-3-5-7-9-11-13-15-17-19-20-21-22-24-25-27-29-31-33-35-37-44(51)56-40-42(41-57-49-48(55)47(54)46(53)43(39-50)59-49)58-45(52)38-36-34-32-30-28-26-23-18-16-14-12-10-8-6-4-2/h5,7,11,13,17-19,21-23,25,27-28,30,42-43,46-50,53-55H,3-4,6,8-10,12,14-16,20,24,26,29,31-41H2,1-2H3/b7-5+,13-11+,19-17+,22-21+,23-18+,27-25+,30-28+/t42-,43-,46+,47?,48?,49-/m0/s1. The Bertz CT molecular complexity index is 1230. The minimum Gasteiger partial charge on any atom is -0.462 e. The minimum absolute atomic E-state index is 0.175. The lowest BCUT2D eigenvalue weighted by Gasteiger charge is -2.39. The number of unbranched alkanes of at least 4 members (excludes halogenated alkanes) is 11. The summed E-state index contributed by atoms with van der Waals surface area (Å²) in [4.78, 5) is 25.3. The van der Waals surface area contributed by atoms with Gasteiger partial charge in [0.05, 0.1) is 13.2 Å². The highest BCUT2D eigenvalue weighted by Gasteiger charge is 2.44. The van der Waals surface area contributed by atoms with E-state index in [9.17, 15) is 30.0 Å². The van der Waals surface area contributed by atoms with E-state index >= 15 is 0 Å². The van der Waals surface area contributed by atoms with Gasteiger partial charge in [-0.2, -0.15) is 0 Å². The molecule has 0 amide bonds. The first-order valence-electron chi connectivity index (χ1n) is 22.7. The molecule has 0 bridgehead atoms. The molecule has 0 saturated carbocycles. The number of hydrogen-bond donors (Lipinski definition) is 4. The fourth-order valence-electron chi connectivity index (χ4n) is 6.18. The zero-order valence-electron chi connectivity index (χ0n) is 36.5. The molecule has 1 fully saturated rings. The van der Waals surface area contributed by atoms with Gasteiger partial charge in [0, 0.05) is 12.8 Å². The van der Waals surface area contributed by atoms with Crippen molar-refractivity contribution in [1.82, 2.24) is 0 Å². The van der Waals surface area contributed by atoms with Gasteiger partial charge in [0.25, 0.3) is 0 Å². The number of aliphatic hydroxyl groups excluding tert-OH is 4. The maximum Gasteiger partial charge on any atom is 0.306 e. The Morgan fingerprint density at radius 3 is 1.54 bits per heavy atom. The van der Waals surface area contributed by atoms with Gasteiger partial charge in [-0.3, -0.25) is 9.59 Å². The second-order valence-electron chi connectivity index (χ2n) is 15.1. The minimum atomic E-state index is -1.61. The van der Waals surface area contributed by atoms with E-state index in [1.807, 2.05) is 0 Å². The van der Waals surface area contributed by atoms with E-state index in [0.717, 1.165) is 77.0 Å². The molecule has 6 atom stereocenters. The molecule has 1 rings (SSSR count). The summed E-state index contributed by atoms with van der Waals surface area (Å²) >= 11 is 0. The molecule has 1 saturated heterocycles. The molecule has 0 aliphatic carbocycles. The average molecular weight is 829 g/mol. The van der Waals surface area contributed by atoms with Crippen LogP contribution in [-0.2, 0) is 28.5 Å². The summed E-state index contributed by atoms with van der Waals surface area (Å²) in [5.74, 6) is -0.891. The number of aliphatic hydroxyl groups is 4. The van der Waals surface area contributed by atoms with E-state index in [2.05, 4.69) is 98.9 Å². The summed E-state index contributed by atoms with van der Waals surface area (Å²) in [7, 11) is 0. The lowest BCUT2D eigenvalue weighted by Crippen LogP contribution is -2.59. The van der Waals surface area contributed by atoms with Crippen molar-refractivity contribution in [3.63, 3.8) is 0 Å². The highest BCUT2D eigenvalue weighted by molar-refractivity contribution is 5.70. The molecule has 0 spiro atoms. The molecule has 0 aromatic rings. The predicted octanol–water partition coefficient (Wildman–Crippen LogP) is 9.77. The summed E-state index contributed by atoms with van der Waals surface area (Å²) in [6.07, 6.45) is 43.0. The molecular weight excluding hydrogens is 749 g/mol. The number of rotatable bonds is 36. The normalized spacial score (nSPS) is 20.8. The fraction of sp³-hybridized carbons (Fsp3) is 0.673. The highest BCUT2D eigenvalue weighted by Crippen LogP contribution is 2.22. The van der Waals surface area contributed by atoms with E-state index in [0.29, 0.717) is 12.8 Å². The number of allylic oxidation sites excluding steroid dienone is 14. The van der Waals surface area contributed by atoms with Gasteiger partial charge >= 0.3 is 11.9 Å². The third kappa shape index (κ3) is 30.5. The zero-order chi connectivity index (χ0) is 43.0. The van der Waals surface area contributed by atoms with E-state index < -0.39 is 55.4 Å². The number of hydrogen-bond acceptors (Lipinski definition) is 10.